The summed E-state index contributed by atoms with van der Waals surface area (Å²) in [5.74, 6) is 0. The highest BCUT2D eigenvalue weighted by molar-refractivity contribution is 5.69. The minimum atomic E-state index is 0.678. The van der Waals surface area contributed by atoms with E-state index in [1.165, 1.54) is 6.39 Å². The van der Waals surface area contributed by atoms with Gasteiger partial charge < -0.3 is 4.42 Å². The van der Waals surface area contributed by atoms with E-state index in [1.807, 2.05) is 0 Å². The lowest BCUT2D eigenvalue weighted by Crippen LogP contribution is -1.69. The van der Waals surface area contributed by atoms with Gasteiger partial charge in [0.2, 0.25) is 0 Å². The van der Waals surface area contributed by atoms with Crippen molar-refractivity contribution in [2.75, 3.05) is 0 Å². The topological polar surface area (TPSA) is 38.9 Å². The van der Waals surface area contributed by atoms with Crippen molar-refractivity contribution >= 4 is 11.1 Å². The van der Waals surface area contributed by atoms with Crippen LogP contribution in [0.25, 0.3) is 11.1 Å². The van der Waals surface area contributed by atoms with Crippen LogP contribution in [0.2, 0.25) is 0 Å². The molecule has 0 fully saturated rings. The first-order valence-corrected chi connectivity index (χ1v) is 2.53. The monoisotopic (exact) mass is 119 g/mol. The summed E-state index contributed by atoms with van der Waals surface area (Å²) in [7, 11) is 0. The molecule has 2 rings (SSSR count). The smallest absolute Gasteiger partial charge is 0.182 e. The molecule has 0 saturated heterocycles. The Kier molecular flexibility index (Phi) is 0.773. The summed E-state index contributed by atoms with van der Waals surface area (Å²) in [6, 6.07) is 1.75. The fraction of sp³-hybridized carbons (Fsp3) is 0. The molecule has 0 bridgehead atoms. The van der Waals surface area contributed by atoms with Crippen molar-refractivity contribution in [1.29, 1.82) is 0 Å². The third-order valence-electron chi connectivity index (χ3n) is 1.07. The van der Waals surface area contributed by atoms with E-state index in [0.717, 1.165) is 5.58 Å². The van der Waals surface area contributed by atoms with Crippen molar-refractivity contribution in [2.24, 2.45) is 0 Å². The Morgan fingerprint density at radius 1 is 1.56 bits per heavy atom. The maximum atomic E-state index is 4.94. The van der Waals surface area contributed by atoms with Crippen molar-refractivity contribution in [1.82, 2.24) is 9.97 Å². The Balaban J connectivity index is 2.95. The highest BCUT2D eigenvalue weighted by Crippen LogP contribution is 2.06. The number of pyridine rings is 1. The van der Waals surface area contributed by atoms with Gasteiger partial charge >= 0.3 is 0 Å². The Labute approximate surface area is 51.3 Å². The highest BCUT2D eigenvalue weighted by atomic mass is 16.3. The maximum absolute atomic E-state index is 4.94. The molecule has 3 heteroatoms. The van der Waals surface area contributed by atoms with Gasteiger partial charge in [-0.05, 0) is 0 Å². The van der Waals surface area contributed by atoms with Gasteiger partial charge in [-0.3, -0.25) is 4.98 Å². The molecule has 0 aromatic carbocycles. The zero-order valence-electron chi connectivity index (χ0n) is 4.53. The molecule has 2 heterocycles. The average Bonchev–Trinajstić information content (AvgIpc) is 2.33. The zero-order chi connectivity index (χ0) is 6.10. The third-order valence-corrected chi connectivity index (χ3v) is 1.07. The summed E-state index contributed by atoms with van der Waals surface area (Å²) in [4.78, 5) is 7.57. The van der Waals surface area contributed by atoms with Crippen LogP contribution in [0.5, 0.6) is 0 Å². The van der Waals surface area contributed by atoms with Crippen molar-refractivity contribution in [3.63, 3.8) is 0 Å². The van der Waals surface area contributed by atoms with E-state index in [2.05, 4.69) is 16.2 Å². The predicted octanol–water partition coefficient (Wildman–Crippen LogP) is 1.02. The summed E-state index contributed by atoms with van der Waals surface area (Å²) >= 11 is 0. The number of aromatic nitrogens is 2. The molecule has 43 valence electrons. The second-order valence-corrected chi connectivity index (χ2v) is 1.62. The largest absolute Gasteiger partial charge is 0.443 e. The number of hydrogen-bond acceptors (Lipinski definition) is 3. The van der Waals surface area contributed by atoms with Crippen LogP contribution < -0.4 is 0 Å². The predicted molar refractivity (Wildman–Crippen MR) is 30.6 cm³/mol. The van der Waals surface area contributed by atoms with E-state index < -0.39 is 0 Å². The fourth-order valence-electron chi connectivity index (χ4n) is 0.661. The van der Waals surface area contributed by atoms with E-state index in [9.17, 15) is 0 Å². The number of nitrogens with zero attached hydrogens (tertiary/aromatic N) is 2. The lowest BCUT2D eigenvalue weighted by atomic mass is 10.4. The molecule has 9 heavy (non-hydrogen) atoms. The van der Waals surface area contributed by atoms with Crippen LogP contribution in [0.4, 0.5) is 0 Å². The van der Waals surface area contributed by atoms with Crippen LogP contribution in [-0.2, 0) is 0 Å². The van der Waals surface area contributed by atoms with Crippen LogP contribution in [0, 0.1) is 6.20 Å². The molecule has 0 amide bonds. The molecule has 3 nitrogen and oxygen atoms in total. The van der Waals surface area contributed by atoms with Crippen molar-refractivity contribution < 1.29 is 4.42 Å². The van der Waals surface area contributed by atoms with Gasteiger partial charge in [-0.2, -0.15) is 0 Å². The Morgan fingerprint density at radius 2 is 2.56 bits per heavy atom. The van der Waals surface area contributed by atoms with Gasteiger partial charge in [-0.1, -0.05) is 0 Å². The van der Waals surface area contributed by atoms with E-state index >= 15 is 0 Å². The molecule has 1 radical (unpaired) electrons. The molecule has 2 aromatic rings. The van der Waals surface area contributed by atoms with Crippen LogP contribution in [0.1, 0.15) is 0 Å². The molecule has 0 atom stereocenters. The number of rotatable bonds is 0. The van der Waals surface area contributed by atoms with Gasteiger partial charge in [0.25, 0.3) is 0 Å². The van der Waals surface area contributed by atoms with E-state index in [0.29, 0.717) is 5.52 Å². The molecule has 0 aliphatic carbocycles. The minimum Gasteiger partial charge on any atom is -0.443 e. The summed E-state index contributed by atoms with van der Waals surface area (Å²) in [5.41, 5.74) is 1.41. The average molecular weight is 119 g/mol. The standard InChI is InChI=1S/C6H3N2O/c1-2-7-3-5-6(1)9-4-8-5/h1-2,4H. The summed E-state index contributed by atoms with van der Waals surface area (Å²) in [6.07, 6.45) is 5.67. The van der Waals surface area contributed by atoms with E-state index in [1.54, 1.807) is 12.3 Å². The molecule has 0 spiro atoms. The second-order valence-electron chi connectivity index (χ2n) is 1.62. The molecule has 0 aliphatic heterocycles. The molecule has 0 unspecified atom stereocenters. The first-order valence-electron chi connectivity index (χ1n) is 2.53. The maximum Gasteiger partial charge on any atom is 0.182 e. The fourth-order valence-corrected chi connectivity index (χ4v) is 0.661. The van der Waals surface area contributed by atoms with E-state index in [4.69, 9.17) is 4.42 Å². The van der Waals surface area contributed by atoms with Crippen LogP contribution in [-0.4, -0.2) is 9.97 Å². The first-order chi connectivity index (χ1) is 4.47. The van der Waals surface area contributed by atoms with Crippen LogP contribution in [0.15, 0.2) is 23.1 Å². The number of oxazole rings is 1. The Bertz CT molecular complexity index is 285. The number of fused-ring (bicyclic) bond motifs is 1. The molecule has 0 aliphatic rings. The van der Waals surface area contributed by atoms with Gasteiger partial charge in [-0.25, -0.2) is 4.98 Å². The highest BCUT2D eigenvalue weighted by Gasteiger charge is 1.93. The lowest BCUT2D eigenvalue weighted by Gasteiger charge is -1.78. The van der Waals surface area contributed by atoms with Gasteiger partial charge in [0.15, 0.2) is 12.0 Å². The molecular formula is C6H3N2O. The Hall–Kier alpha value is -1.38. The minimum absolute atomic E-state index is 0.678. The van der Waals surface area contributed by atoms with Crippen molar-refractivity contribution in [3.05, 3.63) is 24.9 Å². The van der Waals surface area contributed by atoms with Crippen LogP contribution in [0.3, 0.4) is 0 Å². The molecular weight excluding hydrogens is 116 g/mol. The number of hydrogen-bond donors (Lipinski definition) is 0. The van der Waals surface area contributed by atoms with E-state index in [-0.39, 0.29) is 0 Å². The zero-order valence-corrected chi connectivity index (χ0v) is 4.53. The van der Waals surface area contributed by atoms with Gasteiger partial charge in [-0.15, -0.1) is 0 Å². The van der Waals surface area contributed by atoms with Crippen molar-refractivity contribution in [3.8, 4) is 0 Å². The normalized spacial score (nSPS) is 10.2. The van der Waals surface area contributed by atoms with Gasteiger partial charge in [0, 0.05) is 12.3 Å². The lowest BCUT2D eigenvalue weighted by molar-refractivity contribution is 0.602. The van der Waals surface area contributed by atoms with Crippen LogP contribution >= 0.6 is 0 Å². The molecule has 0 saturated carbocycles. The van der Waals surface area contributed by atoms with Crippen molar-refractivity contribution in [2.45, 2.75) is 0 Å². The molecule has 2 aromatic heterocycles. The molecule has 0 N–H and O–H groups in total. The summed E-state index contributed by atoms with van der Waals surface area (Å²) in [6.45, 7) is 0. The third kappa shape index (κ3) is 0.579. The second kappa shape index (κ2) is 1.55. The quantitative estimate of drug-likeness (QED) is 0.519. The van der Waals surface area contributed by atoms with Gasteiger partial charge in [0.1, 0.15) is 11.7 Å². The first kappa shape index (κ1) is 4.49. The SMILES string of the molecule is [c]1nccc2ocnc12. The summed E-state index contributed by atoms with van der Waals surface area (Å²) < 4.78 is 4.94. The summed E-state index contributed by atoms with van der Waals surface area (Å²) in [5, 5.41) is 0. The van der Waals surface area contributed by atoms with Gasteiger partial charge in [0.05, 0.1) is 0 Å². The Morgan fingerprint density at radius 3 is 3.44 bits per heavy atom.